The number of carbonyl (C=O) groups is 3. The van der Waals surface area contributed by atoms with Gasteiger partial charge in [0.25, 0.3) is 5.91 Å². The zero-order valence-corrected chi connectivity index (χ0v) is 8.11. The second kappa shape index (κ2) is 4.36. The number of nitrogens with one attached hydrogen (secondary N) is 1. The fraction of sp³-hybridized carbons (Fsp3) is 0.100. The molecule has 0 saturated carbocycles. The maximum Gasteiger partial charge on any atom is 0.319 e. The molecule has 0 aliphatic heterocycles. The first-order valence-electron chi connectivity index (χ1n) is 4.23. The molecule has 3 N–H and O–H groups in total. The first kappa shape index (κ1) is 10.9. The number of hydrogen-bond acceptors (Lipinski definition) is 3. The van der Waals surface area contributed by atoms with Crippen LogP contribution in [0.15, 0.2) is 24.3 Å². The lowest BCUT2D eigenvalue weighted by molar-refractivity contribution is 0.0948. The van der Waals surface area contributed by atoms with Gasteiger partial charge in [0, 0.05) is 5.56 Å². The van der Waals surface area contributed by atoms with Crippen molar-refractivity contribution in [3.8, 4) is 0 Å². The number of imide groups is 1. The number of benzene rings is 1. The van der Waals surface area contributed by atoms with E-state index in [4.69, 9.17) is 5.73 Å². The molecule has 15 heavy (non-hydrogen) atoms. The van der Waals surface area contributed by atoms with E-state index >= 15 is 0 Å². The van der Waals surface area contributed by atoms with Crippen LogP contribution >= 0.6 is 0 Å². The summed E-state index contributed by atoms with van der Waals surface area (Å²) in [5.74, 6) is -0.918. The van der Waals surface area contributed by atoms with Crippen LogP contribution in [0.5, 0.6) is 0 Å². The van der Waals surface area contributed by atoms with Crippen molar-refractivity contribution in [1.29, 1.82) is 0 Å². The molecule has 1 aromatic rings. The normalized spacial score (nSPS) is 9.40. The van der Waals surface area contributed by atoms with Gasteiger partial charge in [-0.15, -0.1) is 0 Å². The molecule has 0 fully saturated rings. The van der Waals surface area contributed by atoms with Gasteiger partial charge in [-0.25, -0.2) is 4.79 Å². The maximum atomic E-state index is 11.4. The molecule has 3 amide bonds. The van der Waals surface area contributed by atoms with Gasteiger partial charge in [0.05, 0.1) is 5.56 Å². The van der Waals surface area contributed by atoms with Crippen molar-refractivity contribution in [2.45, 2.75) is 6.92 Å². The smallest absolute Gasteiger partial charge is 0.319 e. The Bertz CT molecular complexity index is 426. The molecule has 0 atom stereocenters. The summed E-state index contributed by atoms with van der Waals surface area (Å²) in [6, 6.07) is 5.26. The van der Waals surface area contributed by atoms with Crippen LogP contribution in [0.1, 0.15) is 27.6 Å². The minimum atomic E-state index is -0.946. The number of rotatable bonds is 2. The molecule has 0 aliphatic rings. The van der Waals surface area contributed by atoms with E-state index in [1.165, 1.54) is 19.1 Å². The molecule has 0 saturated heterocycles. The Labute approximate surface area is 86.3 Å². The highest BCUT2D eigenvalue weighted by Gasteiger charge is 2.14. The molecule has 1 aromatic carbocycles. The van der Waals surface area contributed by atoms with Crippen molar-refractivity contribution >= 4 is 17.7 Å². The summed E-state index contributed by atoms with van der Waals surface area (Å²) in [7, 11) is 0. The molecule has 0 spiro atoms. The maximum absolute atomic E-state index is 11.4. The van der Waals surface area contributed by atoms with E-state index in [2.05, 4.69) is 0 Å². The number of primary amides is 1. The summed E-state index contributed by atoms with van der Waals surface area (Å²) < 4.78 is 0. The number of nitrogens with two attached hydrogens (primary N) is 1. The summed E-state index contributed by atoms with van der Waals surface area (Å²) in [5, 5.41) is 1.90. The first-order valence-corrected chi connectivity index (χ1v) is 4.23. The van der Waals surface area contributed by atoms with E-state index in [0.29, 0.717) is 0 Å². The van der Waals surface area contributed by atoms with Crippen LogP contribution in [0.4, 0.5) is 4.79 Å². The lowest BCUT2D eigenvalue weighted by Gasteiger charge is -2.04. The molecular weight excluding hydrogens is 196 g/mol. The molecule has 0 aromatic heterocycles. The molecule has 0 heterocycles. The highest BCUT2D eigenvalue weighted by molar-refractivity contribution is 6.11. The largest absolute Gasteiger partial charge is 0.351 e. The molecule has 1 rings (SSSR count). The molecule has 5 nitrogen and oxygen atoms in total. The third-order valence-corrected chi connectivity index (χ3v) is 1.79. The van der Waals surface area contributed by atoms with Crippen molar-refractivity contribution < 1.29 is 14.4 Å². The Kier molecular flexibility index (Phi) is 3.17. The molecule has 5 heteroatoms. The van der Waals surface area contributed by atoms with Gasteiger partial charge in [0.1, 0.15) is 0 Å². The molecule has 0 radical (unpaired) electrons. The number of ketones is 1. The van der Waals surface area contributed by atoms with E-state index in [9.17, 15) is 14.4 Å². The van der Waals surface area contributed by atoms with E-state index < -0.39 is 11.9 Å². The van der Waals surface area contributed by atoms with Gasteiger partial charge in [-0.1, -0.05) is 18.2 Å². The average Bonchev–Trinajstić information content (AvgIpc) is 2.16. The predicted molar refractivity (Wildman–Crippen MR) is 53.5 cm³/mol. The lowest BCUT2D eigenvalue weighted by Crippen LogP contribution is -2.35. The van der Waals surface area contributed by atoms with Gasteiger partial charge in [-0.2, -0.15) is 0 Å². The second-order valence-electron chi connectivity index (χ2n) is 2.92. The highest BCUT2D eigenvalue weighted by atomic mass is 16.2. The average molecular weight is 206 g/mol. The van der Waals surface area contributed by atoms with E-state index in [1.54, 1.807) is 12.1 Å². The number of Topliss-reactive ketones (excluding diaryl/α,β-unsaturated/α-hetero) is 1. The number of amides is 3. The fourth-order valence-electron chi connectivity index (χ4n) is 1.17. The van der Waals surface area contributed by atoms with Crippen molar-refractivity contribution in [2.24, 2.45) is 5.73 Å². The summed E-state index contributed by atoms with van der Waals surface area (Å²) in [6.45, 7) is 1.34. The number of urea groups is 1. The predicted octanol–water partition coefficient (Wildman–Crippen LogP) is 0.698. The minimum Gasteiger partial charge on any atom is -0.351 e. The van der Waals surface area contributed by atoms with Gasteiger partial charge in [-0.3, -0.25) is 14.9 Å². The lowest BCUT2D eigenvalue weighted by atomic mass is 10.0. The Morgan fingerprint density at radius 3 is 2.13 bits per heavy atom. The SMILES string of the molecule is CC(=O)c1ccccc1C(=O)NC(N)=O. The third kappa shape index (κ3) is 2.63. The van der Waals surface area contributed by atoms with Crippen LogP contribution in [0.2, 0.25) is 0 Å². The molecular formula is C10H10N2O3. The molecule has 0 unspecified atom stereocenters. The first-order chi connectivity index (χ1) is 7.02. The van der Waals surface area contributed by atoms with Gasteiger partial charge < -0.3 is 5.73 Å². The zero-order chi connectivity index (χ0) is 11.4. The van der Waals surface area contributed by atoms with Crippen LogP contribution in [-0.2, 0) is 0 Å². The standard InChI is InChI=1S/C10H10N2O3/c1-6(13)7-4-2-3-5-8(7)9(14)12-10(11)15/h2-5H,1H3,(H3,11,12,14,15). The van der Waals surface area contributed by atoms with E-state index in [-0.39, 0.29) is 16.9 Å². The van der Waals surface area contributed by atoms with Crippen LogP contribution in [0, 0.1) is 0 Å². The Balaban J connectivity index is 3.08. The summed E-state index contributed by atoms with van der Waals surface area (Å²) >= 11 is 0. The van der Waals surface area contributed by atoms with Gasteiger partial charge in [0.2, 0.25) is 0 Å². The van der Waals surface area contributed by atoms with Crippen molar-refractivity contribution in [3.05, 3.63) is 35.4 Å². The van der Waals surface area contributed by atoms with Gasteiger partial charge in [-0.05, 0) is 13.0 Å². The Hall–Kier alpha value is -2.17. The topological polar surface area (TPSA) is 89.3 Å². The van der Waals surface area contributed by atoms with Crippen LogP contribution in [0.25, 0.3) is 0 Å². The van der Waals surface area contributed by atoms with Crippen LogP contribution < -0.4 is 11.1 Å². The zero-order valence-electron chi connectivity index (χ0n) is 8.11. The number of carbonyl (C=O) groups excluding carboxylic acids is 3. The van der Waals surface area contributed by atoms with E-state index in [0.717, 1.165) is 0 Å². The van der Waals surface area contributed by atoms with Crippen molar-refractivity contribution in [2.75, 3.05) is 0 Å². The monoisotopic (exact) mass is 206 g/mol. The van der Waals surface area contributed by atoms with Crippen molar-refractivity contribution in [1.82, 2.24) is 5.32 Å². The van der Waals surface area contributed by atoms with Gasteiger partial charge in [0.15, 0.2) is 5.78 Å². The quantitative estimate of drug-likeness (QED) is 0.698. The summed E-state index contributed by atoms with van der Waals surface area (Å²) in [6.07, 6.45) is 0. The summed E-state index contributed by atoms with van der Waals surface area (Å²) in [5.41, 5.74) is 5.20. The van der Waals surface area contributed by atoms with Gasteiger partial charge >= 0.3 is 6.03 Å². The third-order valence-electron chi connectivity index (χ3n) is 1.79. The molecule has 78 valence electrons. The van der Waals surface area contributed by atoms with Crippen LogP contribution in [0.3, 0.4) is 0 Å². The minimum absolute atomic E-state index is 0.142. The van der Waals surface area contributed by atoms with E-state index in [1.807, 2.05) is 5.32 Å². The highest BCUT2D eigenvalue weighted by Crippen LogP contribution is 2.09. The molecule has 0 bridgehead atoms. The summed E-state index contributed by atoms with van der Waals surface area (Å²) in [4.78, 5) is 33.0. The number of hydrogen-bond donors (Lipinski definition) is 2. The fourth-order valence-corrected chi connectivity index (χ4v) is 1.17. The van der Waals surface area contributed by atoms with Crippen molar-refractivity contribution in [3.63, 3.8) is 0 Å². The molecule has 0 aliphatic carbocycles. The Morgan fingerprint density at radius 1 is 1.13 bits per heavy atom. The Morgan fingerprint density at radius 2 is 1.67 bits per heavy atom. The van der Waals surface area contributed by atoms with Crippen LogP contribution in [-0.4, -0.2) is 17.7 Å². The second-order valence-corrected chi connectivity index (χ2v) is 2.92.